The molecule has 0 amide bonds. The number of halogens is 3. The molecule has 0 saturated carbocycles. The van der Waals surface area contributed by atoms with E-state index in [1.54, 1.807) is 30.3 Å². The lowest BCUT2D eigenvalue weighted by atomic mass is 9.98. The van der Waals surface area contributed by atoms with Gasteiger partial charge in [-0.25, -0.2) is 4.79 Å². The van der Waals surface area contributed by atoms with Gasteiger partial charge in [0.05, 0.1) is 17.7 Å². The molecule has 13 nitrogen and oxygen atoms in total. The van der Waals surface area contributed by atoms with Crippen molar-refractivity contribution in [1.82, 2.24) is 4.73 Å². The molecule has 0 unspecified atom stereocenters. The lowest BCUT2D eigenvalue weighted by Crippen LogP contribution is -2.64. The first-order valence-corrected chi connectivity index (χ1v) is 14.6. The molecule has 0 N–H and O–H groups in total. The summed E-state index contributed by atoms with van der Waals surface area (Å²) < 4.78 is 76.6. The Bertz CT molecular complexity index is 1690. The van der Waals surface area contributed by atoms with Crippen molar-refractivity contribution in [2.45, 2.75) is 71.5 Å². The first kappa shape index (κ1) is 35.7. The average molecular weight is 680 g/mol. The molecule has 2 aromatic carbocycles. The maximum absolute atomic E-state index is 14.5. The van der Waals surface area contributed by atoms with Crippen LogP contribution in [0.3, 0.4) is 0 Å². The number of rotatable bonds is 10. The Morgan fingerprint density at radius 2 is 1.38 bits per heavy atom. The van der Waals surface area contributed by atoms with Crippen LogP contribution in [0.2, 0.25) is 0 Å². The zero-order chi connectivity index (χ0) is 35.3. The minimum atomic E-state index is -4.89. The monoisotopic (exact) mass is 679 g/mol. The minimum absolute atomic E-state index is 0.107. The lowest BCUT2D eigenvalue weighted by Gasteiger charge is -2.43. The van der Waals surface area contributed by atoms with Gasteiger partial charge in [-0.2, -0.15) is 17.9 Å². The molecule has 3 aromatic rings. The fraction of sp³-hybridized carbons (Fsp3) is 0.406. The molecule has 0 bridgehead atoms. The van der Waals surface area contributed by atoms with Crippen molar-refractivity contribution in [1.29, 1.82) is 0 Å². The summed E-state index contributed by atoms with van der Waals surface area (Å²) in [6.45, 7) is 4.89. The molecule has 0 radical (unpaired) electrons. The van der Waals surface area contributed by atoms with E-state index in [1.165, 1.54) is 13.0 Å². The number of carbonyl (C=O) groups excluding carboxylic acids is 5. The molecule has 48 heavy (non-hydrogen) atoms. The van der Waals surface area contributed by atoms with E-state index in [-0.39, 0.29) is 17.7 Å². The summed E-state index contributed by atoms with van der Waals surface area (Å²) in [6, 6.07) is 11.3. The maximum atomic E-state index is 14.5. The molecule has 2 heterocycles. The van der Waals surface area contributed by atoms with Crippen LogP contribution in [-0.2, 0) is 53.8 Å². The van der Waals surface area contributed by atoms with Crippen molar-refractivity contribution in [3.05, 3.63) is 59.8 Å². The number of hydrogen-bond donors (Lipinski definition) is 0. The fourth-order valence-corrected chi connectivity index (χ4v) is 5.15. The number of esters is 5. The minimum Gasteiger partial charge on any atom is -0.463 e. The molecular formula is C32H32F3NO12. The highest BCUT2D eigenvalue weighted by molar-refractivity contribution is 5.98. The maximum Gasteiger partial charge on any atom is 0.417 e. The molecule has 1 aromatic heterocycles. The van der Waals surface area contributed by atoms with E-state index in [0.29, 0.717) is 5.56 Å². The van der Waals surface area contributed by atoms with Crippen LogP contribution in [0, 0.1) is 0 Å². The molecule has 1 saturated heterocycles. The van der Waals surface area contributed by atoms with Gasteiger partial charge in [-0.05, 0) is 36.2 Å². The molecule has 1 fully saturated rings. The molecule has 1 aliphatic heterocycles. The van der Waals surface area contributed by atoms with E-state index in [0.717, 1.165) is 44.6 Å². The zero-order valence-corrected chi connectivity index (χ0v) is 26.4. The molecular weight excluding hydrogens is 647 g/mol. The third kappa shape index (κ3) is 8.23. The Morgan fingerprint density at radius 3 is 1.94 bits per heavy atom. The Labute approximate surface area is 271 Å². The van der Waals surface area contributed by atoms with Crippen molar-refractivity contribution >= 4 is 40.7 Å². The van der Waals surface area contributed by atoms with Crippen molar-refractivity contribution in [2.24, 2.45) is 0 Å². The number of hydrogen-bond acceptors (Lipinski definition) is 12. The van der Waals surface area contributed by atoms with E-state index >= 15 is 0 Å². The van der Waals surface area contributed by atoms with E-state index in [2.05, 4.69) is 0 Å². The fourth-order valence-electron chi connectivity index (χ4n) is 5.15. The standard InChI is InChI=1S/C32H32F3NO12/c1-6-42-30(41)25-14-22-23(32(33,34)35)12-21(20-10-8-7-9-11-20)13-24(22)36(25)48-31-29(46-19(5)40)28(45-18(4)39)27(44-17(3)38)26(47-31)15-43-16(2)37/h7-14,26-29,31H,6,15H2,1-5H3/t26-,27-,28+,29-,31+/m1/s1. The summed E-state index contributed by atoms with van der Waals surface area (Å²) in [5.41, 5.74) is -1.36. The van der Waals surface area contributed by atoms with E-state index in [4.69, 9.17) is 33.3 Å². The van der Waals surface area contributed by atoms with Gasteiger partial charge in [0.25, 0.3) is 6.29 Å². The van der Waals surface area contributed by atoms with Crippen LogP contribution in [0.25, 0.3) is 22.0 Å². The van der Waals surface area contributed by atoms with Crippen LogP contribution < -0.4 is 4.84 Å². The smallest absolute Gasteiger partial charge is 0.417 e. The van der Waals surface area contributed by atoms with Gasteiger partial charge in [-0.15, -0.1) is 0 Å². The molecule has 4 rings (SSSR count). The number of carbonyl (C=O) groups is 5. The van der Waals surface area contributed by atoms with E-state index in [1.807, 2.05) is 0 Å². The molecule has 0 aliphatic carbocycles. The Morgan fingerprint density at radius 1 is 0.771 bits per heavy atom. The second-order valence-corrected chi connectivity index (χ2v) is 10.5. The predicted octanol–water partition coefficient (Wildman–Crippen LogP) is 4.02. The predicted molar refractivity (Wildman–Crippen MR) is 157 cm³/mol. The van der Waals surface area contributed by atoms with Crippen LogP contribution in [-0.4, -0.2) is 78.5 Å². The number of nitrogens with zero attached hydrogens (tertiary/aromatic N) is 1. The van der Waals surface area contributed by atoms with Crippen LogP contribution in [0.15, 0.2) is 48.5 Å². The molecule has 1 aliphatic rings. The second kappa shape index (κ2) is 14.8. The molecule has 5 atom stereocenters. The summed E-state index contributed by atoms with van der Waals surface area (Å²) in [4.78, 5) is 67.5. The molecule has 16 heteroatoms. The Balaban J connectivity index is 1.96. The Hall–Kier alpha value is -5.12. The first-order chi connectivity index (χ1) is 22.6. The van der Waals surface area contributed by atoms with Gasteiger partial charge in [0.15, 0.2) is 17.9 Å². The molecule has 0 spiro atoms. The topological polar surface area (TPSA) is 155 Å². The third-order valence-corrected chi connectivity index (χ3v) is 6.93. The van der Waals surface area contributed by atoms with Gasteiger partial charge in [-0.1, -0.05) is 30.3 Å². The summed E-state index contributed by atoms with van der Waals surface area (Å²) in [5, 5.41) is -0.448. The van der Waals surface area contributed by atoms with Crippen LogP contribution >= 0.6 is 0 Å². The first-order valence-electron chi connectivity index (χ1n) is 14.6. The summed E-state index contributed by atoms with van der Waals surface area (Å²) in [7, 11) is 0. The van der Waals surface area contributed by atoms with Gasteiger partial charge in [0.1, 0.15) is 12.7 Å². The van der Waals surface area contributed by atoms with Crippen molar-refractivity contribution in [3.63, 3.8) is 0 Å². The summed E-state index contributed by atoms with van der Waals surface area (Å²) >= 11 is 0. The van der Waals surface area contributed by atoms with Gasteiger partial charge in [-0.3, -0.25) is 19.2 Å². The quantitative estimate of drug-likeness (QED) is 0.225. The van der Waals surface area contributed by atoms with E-state index < -0.39 is 90.0 Å². The zero-order valence-electron chi connectivity index (χ0n) is 26.4. The van der Waals surface area contributed by atoms with Crippen molar-refractivity contribution in [2.75, 3.05) is 13.2 Å². The highest BCUT2D eigenvalue weighted by atomic mass is 19.4. The lowest BCUT2D eigenvalue weighted by molar-refractivity contribution is -0.306. The highest BCUT2D eigenvalue weighted by Crippen LogP contribution is 2.40. The number of aromatic nitrogens is 1. The number of benzene rings is 2. The van der Waals surface area contributed by atoms with E-state index in [9.17, 15) is 37.1 Å². The number of ether oxygens (including phenoxy) is 6. The Kier molecular flexibility index (Phi) is 11.0. The number of alkyl halides is 3. The third-order valence-electron chi connectivity index (χ3n) is 6.93. The highest BCUT2D eigenvalue weighted by Gasteiger charge is 2.54. The van der Waals surface area contributed by atoms with Gasteiger partial charge < -0.3 is 33.3 Å². The summed E-state index contributed by atoms with van der Waals surface area (Å²) in [5.74, 6) is -4.57. The van der Waals surface area contributed by atoms with Crippen LogP contribution in [0.1, 0.15) is 50.7 Å². The van der Waals surface area contributed by atoms with Gasteiger partial charge in [0, 0.05) is 33.1 Å². The second-order valence-electron chi connectivity index (χ2n) is 10.5. The largest absolute Gasteiger partial charge is 0.463 e. The molecule has 258 valence electrons. The normalized spacial score (nSPS) is 20.8. The van der Waals surface area contributed by atoms with Crippen molar-refractivity contribution < 1.29 is 70.4 Å². The van der Waals surface area contributed by atoms with Crippen molar-refractivity contribution in [3.8, 4) is 11.1 Å². The van der Waals surface area contributed by atoms with Crippen LogP contribution in [0.5, 0.6) is 0 Å². The number of fused-ring (bicyclic) bond motifs is 1. The summed E-state index contributed by atoms with van der Waals surface area (Å²) in [6.07, 6.45) is -13.1. The SMILES string of the molecule is CCOC(=O)c1cc2c(C(F)(F)F)cc(-c3ccccc3)cc2n1O[C@@H]1O[C@H](COC(C)=O)[C@@H](OC(C)=O)[C@H](OC(C)=O)[C@H]1OC(C)=O. The average Bonchev–Trinajstić information content (AvgIpc) is 3.36. The van der Waals surface area contributed by atoms with Gasteiger partial charge >= 0.3 is 36.0 Å². The van der Waals surface area contributed by atoms with Gasteiger partial charge in [0.2, 0.25) is 6.10 Å². The van der Waals surface area contributed by atoms with Crippen LogP contribution in [0.4, 0.5) is 13.2 Å².